The Bertz CT molecular complexity index is 893. The summed E-state index contributed by atoms with van der Waals surface area (Å²) in [5.41, 5.74) is 3.95. The summed E-state index contributed by atoms with van der Waals surface area (Å²) < 4.78 is 16.0. The molecule has 2 N–H and O–H groups in total. The molecule has 8 heteroatoms. The van der Waals surface area contributed by atoms with Crippen LogP contribution in [0.5, 0.6) is 17.2 Å². The smallest absolute Gasteiger partial charge is 0.271 e. The second-order valence-electron chi connectivity index (χ2n) is 6.10. The summed E-state index contributed by atoms with van der Waals surface area (Å²) in [6, 6.07) is 11.8. The zero-order chi connectivity index (χ0) is 19.9. The summed E-state index contributed by atoms with van der Waals surface area (Å²) in [6.45, 7) is 2.65. The van der Waals surface area contributed by atoms with Gasteiger partial charge in [-0.15, -0.1) is 0 Å². The molecule has 28 heavy (non-hydrogen) atoms. The Labute approximate surface area is 162 Å². The Morgan fingerprint density at radius 1 is 1.07 bits per heavy atom. The second kappa shape index (κ2) is 8.90. The van der Waals surface area contributed by atoms with E-state index in [9.17, 15) is 9.59 Å². The number of ether oxygens (including phenoxy) is 3. The highest BCUT2D eigenvalue weighted by molar-refractivity contribution is 6.06. The number of benzene rings is 2. The van der Waals surface area contributed by atoms with E-state index in [0.717, 1.165) is 0 Å². The number of hydrogen-bond acceptors (Lipinski definition) is 6. The molecule has 0 radical (unpaired) electrons. The average molecular weight is 383 g/mol. The minimum absolute atomic E-state index is 0.0390. The lowest BCUT2D eigenvalue weighted by Gasteiger charge is -2.19. The fourth-order valence-electron chi connectivity index (χ4n) is 2.55. The van der Waals surface area contributed by atoms with Crippen LogP contribution in [0.4, 0.5) is 5.69 Å². The predicted octanol–water partition coefficient (Wildman–Crippen LogP) is 2.60. The number of rotatable bonds is 6. The van der Waals surface area contributed by atoms with Gasteiger partial charge in [-0.25, -0.2) is 5.43 Å². The number of hydrogen-bond donors (Lipinski definition) is 2. The number of fused-ring (bicyclic) bond motifs is 1. The maximum Gasteiger partial charge on any atom is 0.271 e. The molecular weight excluding hydrogens is 362 g/mol. The number of carbonyl (C=O) groups excluding carboxylic acids is 2. The number of methoxy groups -OCH3 is 1. The Kier molecular flexibility index (Phi) is 6.11. The summed E-state index contributed by atoms with van der Waals surface area (Å²) in [5, 5.41) is 6.75. The summed E-state index contributed by atoms with van der Waals surface area (Å²) >= 11 is 0. The highest BCUT2D eigenvalue weighted by Crippen LogP contribution is 2.32. The first-order valence-corrected chi connectivity index (χ1v) is 8.72. The molecule has 3 rings (SSSR count). The molecule has 0 saturated carbocycles. The van der Waals surface area contributed by atoms with Gasteiger partial charge < -0.3 is 19.5 Å². The number of anilines is 1. The monoisotopic (exact) mass is 383 g/mol. The van der Waals surface area contributed by atoms with E-state index in [1.54, 1.807) is 56.5 Å². The van der Waals surface area contributed by atoms with Crippen molar-refractivity contribution in [2.24, 2.45) is 5.10 Å². The van der Waals surface area contributed by atoms with Gasteiger partial charge in [0.25, 0.3) is 5.91 Å². The quantitative estimate of drug-likeness (QED) is 0.590. The molecule has 0 atom stereocenters. The molecule has 0 saturated heterocycles. The molecule has 0 unspecified atom stereocenters. The first kappa shape index (κ1) is 19.2. The number of nitrogens with one attached hydrogen (secondary N) is 2. The van der Waals surface area contributed by atoms with Crippen LogP contribution in [0.2, 0.25) is 0 Å². The van der Waals surface area contributed by atoms with Crippen LogP contribution in [-0.2, 0) is 4.79 Å². The van der Waals surface area contributed by atoms with Gasteiger partial charge in [0.1, 0.15) is 19.0 Å². The number of nitrogens with zero attached hydrogens (tertiary/aromatic N) is 1. The topological polar surface area (TPSA) is 98.2 Å². The molecule has 0 spiro atoms. The van der Waals surface area contributed by atoms with E-state index in [1.807, 2.05) is 0 Å². The third-order valence-corrected chi connectivity index (χ3v) is 3.94. The van der Waals surface area contributed by atoms with E-state index in [4.69, 9.17) is 14.2 Å². The van der Waals surface area contributed by atoms with Crippen LogP contribution < -0.4 is 25.0 Å². The van der Waals surface area contributed by atoms with Crippen LogP contribution in [-0.4, -0.2) is 37.8 Å². The van der Waals surface area contributed by atoms with Gasteiger partial charge in [-0.05, 0) is 43.3 Å². The van der Waals surface area contributed by atoms with Crippen LogP contribution in [0.3, 0.4) is 0 Å². The van der Waals surface area contributed by atoms with Crippen molar-refractivity contribution in [2.75, 3.05) is 25.6 Å². The van der Waals surface area contributed by atoms with Crippen LogP contribution >= 0.6 is 0 Å². The van der Waals surface area contributed by atoms with E-state index in [2.05, 4.69) is 15.8 Å². The Balaban J connectivity index is 1.52. The van der Waals surface area contributed by atoms with Gasteiger partial charge in [-0.1, -0.05) is 0 Å². The van der Waals surface area contributed by atoms with Gasteiger partial charge in [0.05, 0.1) is 13.5 Å². The minimum atomic E-state index is -0.366. The Hall–Kier alpha value is -3.55. The second-order valence-corrected chi connectivity index (χ2v) is 6.10. The molecule has 0 bridgehead atoms. The van der Waals surface area contributed by atoms with Crippen LogP contribution in [0.1, 0.15) is 23.7 Å². The highest BCUT2D eigenvalue weighted by atomic mass is 16.6. The zero-order valence-electron chi connectivity index (χ0n) is 15.7. The van der Waals surface area contributed by atoms with Gasteiger partial charge in [-0.2, -0.15) is 5.10 Å². The third-order valence-electron chi connectivity index (χ3n) is 3.94. The standard InChI is InChI=1S/C20H21N3O5/c1-13(22-23-20(25)14-3-6-16(26-2)7-4-14)11-19(24)21-15-5-8-17-18(12-15)28-10-9-27-17/h3-8,12H,9-11H2,1-2H3,(H,21,24)(H,23,25)/b22-13-. The van der Waals surface area contributed by atoms with E-state index >= 15 is 0 Å². The summed E-state index contributed by atoms with van der Waals surface area (Å²) in [4.78, 5) is 24.3. The van der Waals surface area contributed by atoms with Gasteiger partial charge >= 0.3 is 0 Å². The van der Waals surface area contributed by atoms with E-state index in [0.29, 0.717) is 47.4 Å². The van der Waals surface area contributed by atoms with Crippen molar-refractivity contribution in [1.82, 2.24) is 5.43 Å². The predicted molar refractivity (Wildman–Crippen MR) is 104 cm³/mol. The maximum absolute atomic E-state index is 12.2. The summed E-state index contributed by atoms with van der Waals surface area (Å²) in [5.74, 6) is 1.29. The number of amides is 2. The van der Waals surface area contributed by atoms with E-state index < -0.39 is 0 Å². The van der Waals surface area contributed by atoms with Gasteiger partial charge in [-0.3, -0.25) is 9.59 Å². The largest absolute Gasteiger partial charge is 0.497 e. The van der Waals surface area contributed by atoms with Crippen molar-refractivity contribution >= 4 is 23.2 Å². The molecule has 0 fully saturated rings. The summed E-state index contributed by atoms with van der Waals surface area (Å²) in [7, 11) is 1.55. The van der Waals surface area contributed by atoms with Crippen LogP contribution in [0.25, 0.3) is 0 Å². The van der Waals surface area contributed by atoms with Crippen LogP contribution in [0, 0.1) is 0 Å². The molecule has 2 amide bonds. The lowest BCUT2D eigenvalue weighted by atomic mass is 10.2. The first-order valence-electron chi connectivity index (χ1n) is 8.72. The van der Waals surface area contributed by atoms with Crippen molar-refractivity contribution in [3.8, 4) is 17.2 Å². The molecule has 146 valence electrons. The normalized spacial score (nSPS) is 12.9. The van der Waals surface area contributed by atoms with Crippen molar-refractivity contribution in [2.45, 2.75) is 13.3 Å². The molecule has 0 aromatic heterocycles. The number of hydrazone groups is 1. The highest BCUT2D eigenvalue weighted by Gasteiger charge is 2.13. The fourth-order valence-corrected chi connectivity index (χ4v) is 2.55. The molecule has 1 heterocycles. The van der Waals surface area contributed by atoms with Crippen molar-refractivity contribution in [3.05, 3.63) is 48.0 Å². The molecule has 2 aromatic rings. The Morgan fingerprint density at radius 3 is 2.50 bits per heavy atom. The molecule has 2 aromatic carbocycles. The maximum atomic E-state index is 12.2. The lowest BCUT2D eigenvalue weighted by Crippen LogP contribution is -2.21. The molecule has 1 aliphatic rings. The van der Waals surface area contributed by atoms with Crippen LogP contribution in [0.15, 0.2) is 47.6 Å². The first-order chi connectivity index (χ1) is 13.5. The van der Waals surface area contributed by atoms with Gasteiger partial charge in [0.15, 0.2) is 11.5 Å². The molecular formula is C20H21N3O5. The van der Waals surface area contributed by atoms with Gasteiger partial charge in [0, 0.05) is 23.0 Å². The lowest BCUT2D eigenvalue weighted by molar-refractivity contribution is -0.115. The summed E-state index contributed by atoms with van der Waals surface area (Å²) in [6.07, 6.45) is 0.0390. The third kappa shape index (κ3) is 5.00. The van der Waals surface area contributed by atoms with Crippen molar-refractivity contribution in [1.29, 1.82) is 0 Å². The molecule has 8 nitrogen and oxygen atoms in total. The van der Waals surface area contributed by atoms with E-state index in [1.165, 1.54) is 0 Å². The van der Waals surface area contributed by atoms with E-state index in [-0.39, 0.29) is 18.2 Å². The van der Waals surface area contributed by atoms with Crippen molar-refractivity contribution in [3.63, 3.8) is 0 Å². The zero-order valence-corrected chi connectivity index (χ0v) is 15.7. The average Bonchev–Trinajstić information content (AvgIpc) is 2.72. The molecule has 1 aliphatic heterocycles. The molecule has 0 aliphatic carbocycles. The van der Waals surface area contributed by atoms with Crippen molar-refractivity contribution < 1.29 is 23.8 Å². The van der Waals surface area contributed by atoms with Gasteiger partial charge in [0.2, 0.25) is 5.91 Å². The fraction of sp³-hybridized carbons (Fsp3) is 0.250. The Morgan fingerprint density at radius 2 is 1.79 bits per heavy atom. The SMILES string of the molecule is COc1ccc(C(=O)N/N=C(/C)CC(=O)Nc2ccc3c(c2)OCCO3)cc1. The minimum Gasteiger partial charge on any atom is -0.497 e. The number of carbonyl (C=O) groups is 2.